The molecule has 0 aliphatic heterocycles. The molecule has 1 aromatic carbocycles. The Labute approximate surface area is 157 Å². The number of hydrogen-bond acceptors (Lipinski definition) is 4. The lowest BCUT2D eigenvalue weighted by Gasteiger charge is -2.22. The molecule has 1 amide bonds. The summed E-state index contributed by atoms with van der Waals surface area (Å²) in [6, 6.07) is 14.6. The fraction of sp³-hybridized carbons (Fsp3) is 0.286. The molecule has 2 aromatic heterocycles. The van der Waals surface area contributed by atoms with Crippen molar-refractivity contribution in [1.82, 2.24) is 14.9 Å². The van der Waals surface area contributed by atoms with Crippen LogP contribution in [0.2, 0.25) is 0 Å². The third kappa shape index (κ3) is 3.99. The second-order valence-electron chi connectivity index (χ2n) is 6.77. The van der Waals surface area contributed by atoms with E-state index in [1.165, 1.54) is 11.1 Å². The minimum atomic E-state index is 0.158. The molecule has 0 N–H and O–H groups in total. The van der Waals surface area contributed by atoms with E-state index in [-0.39, 0.29) is 5.91 Å². The molecule has 1 saturated carbocycles. The first-order valence-electron chi connectivity index (χ1n) is 8.90. The molecule has 0 saturated heterocycles. The standard InChI is InChI=1S/C21H21N3OS/c1-15-5-7-16(8-6-15)13-24(18-9-10-18)20(25)12-17-14-26-21(23-17)19-4-2-3-11-22-19/h2-8,11,14,18H,9-10,12-13H2,1H3. The van der Waals surface area contributed by atoms with Gasteiger partial charge in [0.2, 0.25) is 5.91 Å². The lowest BCUT2D eigenvalue weighted by molar-refractivity contribution is -0.131. The Morgan fingerprint density at radius 1 is 1.19 bits per heavy atom. The first kappa shape index (κ1) is 16.9. The Morgan fingerprint density at radius 2 is 2.00 bits per heavy atom. The van der Waals surface area contributed by atoms with Crippen LogP contribution in [0.1, 0.15) is 29.7 Å². The number of pyridine rings is 1. The molecule has 0 radical (unpaired) electrons. The van der Waals surface area contributed by atoms with E-state index < -0.39 is 0 Å². The lowest BCUT2D eigenvalue weighted by atomic mass is 10.1. The minimum absolute atomic E-state index is 0.158. The van der Waals surface area contributed by atoms with Crippen molar-refractivity contribution in [2.75, 3.05) is 0 Å². The Hall–Kier alpha value is -2.53. The summed E-state index contributed by atoms with van der Waals surface area (Å²) in [6.07, 6.45) is 4.32. The topological polar surface area (TPSA) is 46.1 Å². The Morgan fingerprint density at radius 3 is 2.69 bits per heavy atom. The first-order valence-corrected chi connectivity index (χ1v) is 9.78. The van der Waals surface area contributed by atoms with E-state index in [4.69, 9.17) is 0 Å². The average molecular weight is 363 g/mol. The number of thiazole rings is 1. The van der Waals surface area contributed by atoms with Crippen LogP contribution >= 0.6 is 11.3 Å². The van der Waals surface area contributed by atoms with Crippen LogP contribution in [-0.2, 0) is 17.8 Å². The maximum atomic E-state index is 12.9. The van der Waals surface area contributed by atoms with Crippen molar-refractivity contribution in [3.05, 3.63) is 70.9 Å². The molecule has 1 fully saturated rings. The molecule has 1 aliphatic carbocycles. The molecule has 0 bridgehead atoms. The maximum absolute atomic E-state index is 12.9. The van der Waals surface area contributed by atoms with Gasteiger partial charge in [0.25, 0.3) is 0 Å². The average Bonchev–Trinajstić information content (AvgIpc) is 3.40. The summed E-state index contributed by atoms with van der Waals surface area (Å²) < 4.78 is 0. The summed E-state index contributed by atoms with van der Waals surface area (Å²) >= 11 is 1.54. The van der Waals surface area contributed by atoms with E-state index in [9.17, 15) is 4.79 Å². The van der Waals surface area contributed by atoms with Gasteiger partial charge in [0.15, 0.2) is 0 Å². The van der Waals surface area contributed by atoms with Gasteiger partial charge in [-0.25, -0.2) is 4.98 Å². The van der Waals surface area contributed by atoms with Gasteiger partial charge in [-0.3, -0.25) is 9.78 Å². The number of nitrogens with zero attached hydrogens (tertiary/aromatic N) is 3. The summed E-state index contributed by atoms with van der Waals surface area (Å²) in [7, 11) is 0. The van der Waals surface area contributed by atoms with Crippen LogP contribution in [-0.4, -0.2) is 26.8 Å². The van der Waals surface area contributed by atoms with Gasteiger partial charge in [-0.1, -0.05) is 35.9 Å². The SMILES string of the molecule is Cc1ccc(CN(C(=O)Cc2csc(-c3ccccn3)n2)C2CC2)cc1. The van der Waals surface area contributed by atoms with Crippen molar-refractivity contribution in [2.24, 2.45) is 0 Å². The molecule has 5 heteroatoms. The van der Waals surface area contributed by atoms with E-state index in [1.807, 2.05) is 28.5 Å². The van der Waals surface area contributed by atoms with Crippen molar-refractivity contribution in [2.45, 2.75) is 38.8 Å². The maximum Gasteiger partial charge on any atom is 0.229 e. The van der Waals surface area contributed by atoms with Gasteiger partial charge in [-0.05, 0) is 37.5 Å². The van der Waals surface area contributed by atoms with Gasteiger partial charge < -0.3 is 4.90 Å². The van der Waals surface area contributed by atoms with E-state index in [0.29, 0.717) is 19.0 Å². The van der Waals surface area contributed by atoms with Crippen molar-refractivity contribution in [3.8, 4) is 10.7 Å². The van der Waals surface area contributed by atoms with Gasteiger partial charge in [0.05, 0.1) is 17.8 Å². The third-order valence-electron chi connectivity index (χ3n) is 4.55. The summed E-state index contributed by atoms with van der Waals surface area (Å²) in [5.74, 6) is 0.158. The van der Waals surface area contributed by atoms with Gasteiger partial charge in [-0.15, -0.1) is 11.3 Å². The van der Waals surface area contributed by atoms with E-state index in [0.717, 1.165) is 29.2 Å². The molecule has 26 heavy (non-hydrogen) atoms. The zero-order valence-corrected chi connectivity index (χ0v) is 15.6. The molecule has 132 valence electrons. The molecule has 3 aromatic rings. The molecule has 1 aliphatic rings. The number of aryl methyl sites for hydroxylation is 1. The number of rotatable bonds is 6. The quantitative estimate of drug-likeness (QED) is 0.658. The predicted octanol–water partition coefficient (Wildman–Crippen LogP) is 4.25. The van der Waals surface area contributed by atoms with Crippen molar-refractivity contribution in [3.63, 3.8) is 0 Å². The van der Waals surface area contributed by atoms with Crippen molar-refractivity contribution in [1.29, 1.82) is 0 Å². The largest absolute Gasteiger partial charge is 0.335 e. The predicted molar refractivity (Wildman–Crippen MR) is 104 cm³/mol. The van der Waals surface area contributed by atoms with E-state index in [1.54, 1.807) is 17.5 Å². The lowest BCUT2D eigenvalue weighted by Crippen LogP contribution is -2.33. The van der Waals surface area contributed by atoms with Crippen LogP contribution in [0, 0.1) is 6.92 Å². The highest BCUT2D eigenvalue weighted by Gasteiger charge is 2.32. The smallest absolute Gasteiger partial charge is 0.229 e. The second-order valence-corrected chi connectivity index (χ2v) is 7.63. The van der Waals surface area contributed by atoms with Crippen molar-refractivity contribution < 1.29 is 4.79 Å². The van der Waals surface area contributed by atoms with E-state index in [2.05, 4.69) is 41.2 Å². The summed E-state index contributed by atoms with van der Waals surface area (Å²) in [6.45, 7) is 2.76. The first-order chi connectivity index (χ1) is 12.7. The molecular weight excluding hydrogens is 342 g/mol. The molecule has 2 heterocycles. The fourth-order valence-corrected chi connectivity index (χ4v) is 3.74. The van der Waals surface area contributed by atoms with Gasteiger partial charge in [0, 0.05) is 24.2 Å². The number of aromatic nitrogens is 2. The molecule has 0 atom stereocenters. The highest BCUT2D eigenvalue weighted by molar-refractivity contribution is 7.13. The Bertz CT molecular complexity index is 885. The number of amides is 1. The molecule has 0 spiro atoms. The summed E-state index contributed by atoms with van der Waals surface area (Å²) in [5, 5.41) is 2.84. The van der Waals surface area contributed by atoms with Crippen LogP contribution < -0.4 is 0 Å². The van der Waals surface area contributed by atoms with Crippen LogP contribution in [0.5, 0.6) is 0 Å². The van der Waals surface area contributed by atoms with Crippen LogP contribution in [0.15, 0.2) is 54.0 Å². The Balaban J connectivity index is 1.45. The molecular formula is C21H21N3OS. The third-order valence-corrected chi connectivity index (χ3v) is 5.46. The zero-order chi connectivity index (χ0) is 17.9. The summed E-state index contributed by atoms with van der Waals surface area (Å²) in [5.41, 5.74) is 4.11. The molecule has 4 nitrogen and oxygen atoms in total. The molecule has 4 rings (SSSR count). The highest BCUT2D eigenvalue weighted by Crippen LogP contribution is 2.29. The summed E-state index contributed by atoms with van der Waals surface area (Å²) in [4.78, 5) is 23.8. The number of carbonyl (C=O) groups is 1. The van der Waals surface area contributed by atoms with Crippen LogP contribution in [0.25, 0.3) is 10.7 Å². The fourth-order valence-electron chi connectivity index (χ4n) is 2.95. The number of carbonyl (C=O) groups excluding carboxylic acids is 1. The minimum Gasteiger partial charge on any atom is -0.335 e. The van der Waals surface area contributed by atoms with Crippen molar-refractivity contribution >= 4 is 17.2 Å². The Kier molecular flexibility index (Phi) is 4.80. The van der Waals surface area contributed by atoms with E-state index >= 15 is 0 Å². The number of hydrogen-bond donors (Lipinski definition) is 0. The van der Waals surface area contributed by atoms with Crippen LogP contribution in [0.4, 0.5) is 0 Å². The van der Waals surface area contributed by atoms with Gasteiger partial charge >= 0.3 is 0 Å². The van der Waals surface area contributed by atoms with Crippen LogP contribution in [0.3, 0.4) is 0 Å². The zero-order valence-electron chi connectivity index (χ0n) is 14.8. The highest BCUT2D eigenvalue weighted by atomic mass is 32.1. The van der Waals surface area contributed by atoms with Gasteiger partial charge in [0.1, 0.15) is 5.01 Å². The monoisotopic (exact) mass is 363 g/mol. The normalized spacial score (nSPS) is 13.6. The number of benzene rings is 1. The van der Waals surface area contributed by atoms with Gasteiger partial charge in [-0.2, -0.15) is 0 Å². The molecule has 0 unspecified atom stereocenters. The second kappa shape index (κ2) is 7.38.